The van der Waals surface area contributed by atoms with Crippen molar-refractivity contribution in [2.45, 2.75) is 38.8 Å². The first-order valence-corrected chi connectivity index (χ1v) is 7.65. The number of carbonyl (C=O) groups is 1. The molecule has 0 aromatic heterocycles. The van der Waals surface area contributed by atoms with Crippen molar-refractivity contribution in [1.29, 1.82) is 0 Å². The van der Waals surface area contributed by atoms with Gasteiger partial charge in [0.1, 0.15) is 6.04 Å². The largest absolute Gasteiger partial charge is 0.480 e. The molecule has 0 aliphatic carbocycles. The Balaban J connectivity index is 2.81. The maximum Gasteiger partial charge on any atom is 0.322 e. The summed E-state index contributed by atoms with van der Waals surface area (Å²) in [6, 6.07) is 7.65. The number of hydrogen-bond donors (Lipinski definition) is 3. The fraction of sp³-hybridized carbons (Fsp3) is 0.462. The summed E-state index contributed by atoms with van der Waals surface area (Å²) in [5.74, 6) is -1.21. The van der Waals surface area contributed by atoms with Crippen LogP contribution in [0.4, 0.5) is 0 Å². The summed E-state index contributed by atoms with van der Waals surface area (Å²) in [6.45, 7) is 5.04. The molecule has 3 N–H and O–H groups in total. The zero-order chi connectivity index (χ0) is 15.4. The lowest BCUT2D eigenvalue weighted by molar-refractivity contribution is -0.138. The molecular formula is C13H20N2O4S. The molecule has 1 atom stereocenters. The van der Waals surface area contributed by atoms with E-state index in [-0.39, 0.29) is 6.42 Å². The maximum atomic E-state index is 11.9. The Labute approximate surface area is 119 Å². The summed E-state index contributed by atoms with van der Waals surface area (Å²) in [6.07, 6.45) is 0.0845. The lowest BCUT2D eigenvalue weighted by Crippen LogP contribution is -2.52. The van der Waals surface area contributed by atoms with Crippen molar-refractivity contribution in [3.05, 3.63) is 35.9 Å². The second kappa shape index (κ2) is 6.34. The van der Waals surface area contributed by atoms with Gasteiger partial charge in [0.2, 0.25) is 0 Å². The Morgan fingerprint density at radius 2 is 1.80 bits per heavy atom. The summed E-state index contributed by atoms with van der Waals surface area (Å²) >= 11 is 0. The van der Waals surface area contributed by atoms with Gasteiger partial charge >= 0.3 is 5.97 Å². The summed E-state index contributed by atoms with van der Waals surface area (Å²) in [5, 5.41) is 9.14. The molecule has 0 saturated heterocycles. The van der Waals surface area contributed by atoms with E-state index in [0.29, 0.717) is 0 Å². The first-order valence-electron chi connectivity index (χ1n) is 6.17. The van der Waals surface area contributed by atoms with E-state index in [1.807, 2.05) is 6.07 Å². The fourth-order valence-electron chi connectivity index (χ4n) is 1.65. The van der Waals surface area contributed by atoms with Crippen molar-refractivity contribution < 1.29 is 18.3 Å². The van der Waals surface area contributed by atoms with Crippen LogP contribution in [0.15, 0.2) is 30.3 Å². The van der Waals surface area contributed by atoms with Gasteiger partial charge in [0.25, 0.3) is 10.2 Å². The van der Waals surface area contributed by atoms with Gasteiger partial charge in [-0.3, -0.25) is 4.79 Å². The zero-order valence-electron chi connectivity index (χ0n) is 11.8. The van der Waals surface area contributed by atoms with Crippen LogP contribution in [0.5, 0.6) is 0 Å². The van der Waals surface area contributed by atoms with Gasteiger partial charge in [0.15, 0.2) is 0 Å². The molecular weight excluding hydrogens is 280 g/mol. The molecule has 1 aromatic carbocycles. The zero-order valence-corrected chi connectivity index (χ0v) is 12.6. The van der Waals surface area contributed by atoms with E-state index < -0.39 is 27.8 Å². The van der Waals surface area contributed by atoms with Crippen molar-refractivity contribution in [2.24, 2.45) is 0 Å². The molecule has 0 spiro atoms. The number of carboxylic acid groups (broad SMARTS) is 1. The number of benzene rings is 1. The number of carboxylic acids is 1. The summed E-state index contributed by atoms with van der Waals surface area (Å²) in [7, 11) is -3.88. The Morgan fingerprint density at radius 3 is 2.25 bits per heavy atom. The van der Waals surface area contributed by atoms with Crippen LogP contribution in [-0.4, -0.2) is 31.1 Å². The average Bonchev–Trinajstić information content (AvgIpc) is 2.25. The number of rotatable bonds is 6. The van der Waals surface area contributed by atoms with E-state index in [9.17, 15) is 13.2 Å². The van der Waals surface area contributed by atoms with Crippen molar-refractivity contribution in [2.75, 3.05) is 0 Å². The van der Waals surface area contributed by atoms with Crippen molar-refractivity contribution in [1.82, 2.24) is 9.44 Å². The first-order chi connectivity index (χ1) is 9.09. The van der Waals surface area contributed by atoms with Crippen LogP contribution in [0.3, 0.4) is 0 Å². The van der Waals surface area contributed by atoms with Crippen LogP contribution in [0.1, 0.15) is 26.3 Å². The van der Waals surface area contributed by atoms with E-state index >= 15 is 0 Å². The molecule has 0 bridgehead atoms. The predicted molar refractivity (Wildman–Crippen MR) is 76.5 cm³/mol. The lowest BCUT2D eigenvalue weighted by atomic mass is 10.1. The van der Waals surface area contributed by atoms with Crippen molar-refractivity contribution in [3.63, 3.8) is 0 Å². The van der Waals surface area contributed by atoms with Crippen LogP contribution in [-0.2, 0) is 21.4 Å². The first kappa shape index (κ1) is 16.6. The van der Waals surface area contributed by atoms with E-state index in [1.165, 1.54) is 0 Å². The molecule has 0 unspecified atom stereocenters. The molecule has 0 fully saturated rings. The third-order valence-corrected chi connectivity index (χ3v) is 3.79. The third-order valence-electron chi connectivity index (χ3n) is 2.32. The van der Waals surface area contributed by atoms with E-state index in [0.717, 1.165) is 5.56 Å². The summed E-state index contributed by atoms with van der Waals surface area (Å²) in [4.78, 5) is 11.2. The number of nitrogens with one attached hydrogen (secondary N) is 2. The Morgan fingerprint density at radius 1 is 1.25 bits per heavy atom. The molecule has 0 heterocycles. The van der Waals surface area contributed by atoms with Crippen LogP contribution in [0.2, 0.25) is 0 Å². The van der Waals surface area contributed by atoms with Crippen LogP contribution in [0, 0.1) is 0 Å². The molecule has 7 heteroatoms. The van der Waals surface area contributed by atoms with Gasteiger partial charge in [-0.2, -0.15) is 17.9 Å². The summed E-state index contributed by atoms with van der Waals surface area (Å²) in [5.41, 5.74) is 0.0695. The van der Waals surface area contributed by atoms with Gasteiger partial charge in [-0.1, -0.05) is 30.3 Å². The second-order valence-corrected chi connectivity index (χ2v) is 7.00. The predicted octanol–water partition coefficient (Wildman–Crippen LogP) is 0.905. The molecule has 0 radical (unpaired) electrons. The minimum absolute atomic E-state index is 0.0845. The standard InChI is InChI=1S/C13H20N2O4S/c1-13(2,3)15-20(18,19)14-11(12(16)17)9-10-7-5-4-6-8-10/h4-8,11,14-15H,9H2,1-3H3,(H,16,17)/t11-/m1/s1. The number of aliphatic carboxylic acids is 1. The Kier molecular flexibility index (Phi) is 5.27. The van der Waals surface area contributed by atoms with Gasteiger partial charge in [0, 0.05) is 5.54 Å². The SMILES string of the molecule is CC(C)(C)NS(=O)(=O)N[C@H](Cc1ccccc1)C(=O)O. The lowest BCUT2D eigenvalue weighted by Gasteiger charge is -2.22. The quantitative estimate of drug-likeness (QED) is 0.727. The van der Waals surface area contributed by atoms with Crippen LogP contribution < -0.4 is 9.44 Å². The molecule has 0 saturated carbocycles. The van der Waals surface area contributed by atoms with Crippen LogP contribution >= 0.6 is 0 Å². The average molecular weight is 300 g/mol. The highest BCUT2D eigenvalue weighted by molar-refractivity contribution is 7.87. The van der Waals surface area contributed by atoms with Gasteiger partial charge < -0.3 is 5.11 Å². The van der Waals surface area contributed by atoms with Gasteiger partial charge in [-0.15, -0.1) is 0 Å². The van der Waals surface area contributed by atoms with Crippen molar-refractivity contribution in [3.8, 4) is 0 Å². The highest BCUT2D eigenvalue weighted by Crippen LogP contribution is 2.06. The third kappa shape index (κ3) is 6.14. The van der Waals surface area contributed by atoms with Gasteiger partial charge in [-0.25, -0.2) is 0 Å². The summed E-state index contributed by atoms with van der Waals surface area (Å²) < 4.78 is 28.3. The molecule has 0 aliphatic rings. The topological polar surface area (TPSA) is 95.5 Å². The smallest absolute Gasteiger partial charge is 0.322 e. The van der Waals surface area contributed by atoms with E-state index in [2.05, 4.69) is 9.44 Å². The highest BCUT2D eigenvalue weighted by atomic mass is 32.2. The fourth-order valence-corrected chi connectivity index (χ4v) is 3.07. The molecule has 0 amide bonds. The van der Waals surface area contributed by atoms with E-state index in [4.69, 9.17) is 5.11 Å². The highest BCUT2D eigenvalue weighted by Gasteiger charge is 2.27. The molecule has 1 aromatic rings. The molecule has 6 nitrogen and oxygen atoms in total. The normalized spacial score (nSPS) is 13.9. The molecule has 112 valence electrons. The molecule has 20 heavy (non-hydrogen) atoms. The Hall–Kier alpha value is -1.44. The minimum Gasteiger partial charge on any atom is -0.480 e. The number of hydrogen-bond acceptors (Lipinski definition) is 3. The van der Waals surface area contributed by atoms with Crippen molar-refractivity contribution >= 4 is 16.2 Å². The second-order valence-electron chi connectivity index (χ2n) is 5.55. The van der Waals surface area contributed by atoms with E-state index in [1.54, 1.807) is 45.0 Å². The minimum atomic E-state index is -3.88. The maximum absolute atomic E-state index is 11.9. The molecule has 1 rings (SSSR count). The molecule has 0 aliphatic heterocycles. The van der Waals surface area contributed by atoms with Crippen LogP contribution in [0.25, 0.3) is 0 Å². The van der Waals surface area contributed by atoms with Gasteiger partial charge in [-0.05, 0) is 32.8 Å². The Bertz CT molecular complexity index is 549. The monoisotopic (exact) mass is 300 g/mol. The van der Waals surface area contributed by atoms with Gasteiger partial charge in [0.05, 0.1) is 0 Å².